The Labute approximate surface area is 101 Å². The molecule has 1 saturated heterocycles. The van der Waals surface area contributed by atoms with E-state index in [1.54, 1.807) is 20.8 Å². The zero-order valence-corrected chi connectivity index (χ0v) is 10.6. The van der Waals surface area contributed by atoms with Crippen LogP contribution in [-0.2, 0) is 18.9 Å². The molecule has 1 fully saturated rings. The summed E-state index contributed by atoms with van der Waals surface area (Å²) in [5.74, 6) is 0. The maximum Gasteiger partial charge on any atom is 0.508 e. The molecule has 1 aliphatic heterocycles. The molecule has 1 N–H and O–H groups in total. The summed E-state index contributed by atoms with van der Waals surface area (Å²) >= 11 is 0. The van der Waals surface area contributed by atoms with Gasteiger partial charge >= 0.3 is 6.16 Å². The molecule has 100 valence electrons. The number of hydrogen-bond acceptors (Lipinski definition) is 6. The summed E-state index contributed by atoms with van der Waals surface area (Å²) < 4.78 is 20.1. The molecule has 0 aromatic rings. The van der Waals surface area contributed by atoms with Gasteiger partial charge in [-0.2, -0.15) is 0 Å². The van der Waals surface area contributed by atoms with Crippen molar-refractivity contribution < 1.29 is 28.8 Å². The van der Waals surface area contributed by atoms with E-state index in [1.807, 2.05) is 0 Å². The second-order valence-corrected chi connectivity index (χ2v) is 4.92. The van der Waals surface area contributed by atoms with Crippen molar-refractivity contribution in [2.75, 3.05) is 13.7 Å². The highest BCUT2D eigenvalue weighted by Gasteiger charge is 2.35. The lowest BCUT2D eigenvalue weighted by atomic mass is 10.2. The Morgan fingerprint density at radius 2 is 2.12 bits per heavy atom. The van der Waals surface area contributed by atoms with Gasteiger partial charge in [-0.1, -0.05) is 0 Å². The van der Waals surface area contributed by atoms with Gasteiger partial charge in [0.25, 0.3) is 0 Å². The predicted molar refractivity (Wildman–Crippen MR) is 58.5 cm³/mol. The number of carbonyl (C=O) groups is 1. The lowest BCUT2D eigenvalue weighted by Crippen LogP contribution is -2.31. The van der Waals surface area contributed by atoms with Crippen LogP contribution >= 0.6 is 0 Å². The lowest BCUT2D eigenvalue weighted by molar-refractivity contribution is -0.131. The third-order valence-corrected chi connectivity index (χ3v) is 2.21. The fraction of sp³-hybridized carbons (Fsp3) is 0.909. The number of aliphatic hydroxyl groups is 1. The minimum absolute atomic E-state index is 0.0457. The number of methoxy groups -OCH3 is 1. The van der Waals surface area contributed by atoms with Gasteiger partial charge in [-0.15, -0.1) is 0 Å². The van der Waals surface area contributed by atoms with Crippen LogP contribution in [0.2, 0.25) is 0 Å². The highest BCUT2D eigenvalue weighted by atomic mass is 16.7. The highest BCUT2D eigenvalue weighted by Crippen LogP contribution is 2.21. The summed E-state index contributed by atoms with van der Waals surface area (Å²) in [6.07, 6.45) is -2.10. The van der Waals surface area contributed by atoms with Crippen molar-refractivity contribution in [1.82, 2.24) is 0 Å². The molecule has 6 heteroatoms. The lowest BCUT2D eigenvalue weighted by Gasteiger charge is -2.20. The summed E-state index contributed by atoms with van der Waals surface area (Å²) in [6.45, 7) is 5.19. The van der Waals surface area contributed by atoms with Gasteiger partial charge in [0.1, 0.15) is 18.3 Å². The van der Waals surface area contributed by atoms with Gasteiger partial charge < -0.3 is 24.1 Å². The van der Waals surface area contributed by atoms with Gasteiger partial charge in [0.05, 0.1) is 6.10 Å². The topological polar surface area (TPSA) is 74.2 Å². The minimum Gasteiger partial charge on any atom is -0.431 e. The Morgan fingerprint density at radius 3 is 2.59 bits per heavy atom. The molecule has 1 rings (SSSR count). The number of rotatable bonds is 3. The fourth-order valence-corrected chi connectivity index (χ4v) is 1.42. The normalized spacial score (nSPS) is 29.1. The van der Waals surface area contributed by atoms with Gasteiger partial charge in [-0.3, -0.25) is 0 Å². The predicted octanol–water partition coefficient (Wildman–Crippen LogP) is 1.06. The molecule has 0 radical (unpaired) electrons. The van der Waals surface area contributed by atoms with Crippen molar-refractivity contribution in [2.24, 2.45) is 0 Å². The van der Waals surface area contributed by atoms with Crippen molar-refractivity contribution in [3.05, 3.63) is 0 Å². The third kappa shape index (κ3) is 4.89. The molecule has 6 nitrogen and oxygen atoms in total. The first kappa shape index (κ1) is 14.2. The standard InChI is InChI=1S/C11H20O6/c1-11(2,3)17-10(13)15-6-8-7(12)5-9(14-4)16-8/h7-9,12H,5-6H2,1-4H3/t7-,8+,9-/m0/s1. The summed E-state index contributed by atoms with van der Waals surface area (Å²) in [5.41, 5.74) is -0.596. The van der Waals surface area contributed by atoms with Crippen molar-refractivity contribution in [1.29, 1.82) is 0 Å². The maximum atomic E-state index is 11.3. The Bertz CT molecular complexity index is 259. The smallest absolute Gasteiger partial charge is 0.431 e. The van der Waals surface area contributed by atoms with Gasteiger partial charge in [-0.25, -0.2) is 4.79 Å². The van der Waals surface area contributed by atoms with E-state index in [-0.39, 0.29) is 6.61 Å². The molecule has 0 aromatic heterocycles. The molecular formula is C11H20O6. The highest BCUT2D eigenvalue weighted by molar-refractivity contribution is 5.60. The average Bonchev–Trinajstić information content (AvgIpc) is 2.54. The van der Waals surface area contributed by atoms with Crippen molar-refractivity contribution in [3.8, 4) is 0 Å². The molecule has 0 unspecified atom stereocenters. The molecule has 17 heavy (non-hydrogen) atoms. The van der Waals surface area contributed by atoms with Gasteiger partial charge in [0, 0.05) is 13.5 Å². The quantitative estimate of drug-likeness (QED) is 0.753. The summed E-state index contributed by atoms with van der Waals surface area (Å²) in [7, 11) is 1.49. The van der Waals surface area contributed by atoms with Crippen LogP contribution in [0.4, 0.5) is 4.79 Å². The van der Waals surface area contributed by atoms with Crippen LogP contribution in [0.25, 0.3) is 0 Å². The Kier molecular flexibility index (Phi) is 4.73. The summed E-state index contributed by atoms with van der Waals surface area (Å²) in [4.78, 5) is 11.3. The molecule has 0 saturated carbocycles. The first-order valence-corrected chi connectivity index (χ1v) is 5.54. The molecule has 3 atom stereocenters. The molecule has 0 spiro atoms. The molecule has 0 aromatic carbocycles. The van der Waals surface area contributed by atoms with Crippen LogP contribution in [0.5, 0.6) is 0 Å². The first-order valence-electron chi connectivity index (χ1n) is 5.54. The van der Waals surface area contributed by atoms with E-state index in [4.69, 9.17) is 18.9 Å². The summed E-state index contributed by atoms with van der Waals surface area (Å²) in [5, 5.41) is 9.60. The monoisotopic (exact) mass is 248 g/mol. The molecule has 0 bridgehead atoms. The number of ether oxygens (including phenoxy) is 4. The van der Waals surface area contributed by atoms with E-state index in [2.05, 4.69) is 0 Å². The fourth-order valence-electron chi connectivity index (χ4n) is 1.42. The second kappa shape index (κ2) is 5.66. The number of hydrogen-bond donors (Lipinski definition) is 1. The minimum atomic E-state index is -0.769. The Hall–Kier alpha value is -0.850. The van der Waals surface area contributed by atoms with E-state index in [0.29, 0.717) is 6.42 Å². The largest absolute Gasteiger partial charge is 0.508 e. The zero-order chi connectivity index (χ0) is 13.1. The van der Waals surface area contributed by atoms with E-state index in [0.717, 1.165) is 0 Å². The molecular weight excluding hydrogens is 228 g/mol. The molecule has 0 aliphatic carbocycles. The van der Waals surface area contributed by atoms with Crippen LogP contribution in [0, 0.1) is 0 Å². The van der Waals surface area contributed by atoms with Gasteiger partial charge in [0.2, 0.25) is 0 Å². The molecule has 0 amide bonds. The average molecular weight is 248 g/mol. The SMILES string of the molecule is CO[C@@H]1C[C@H](O)[C@@H](COC(=O)OC(C)(C)C)O1. The zero-order valence-electron chi connectivity index (χ0n) is 10.6. The second-order valence-electron chi connectivity index (χ2n) is 4.92. The Morgan fingerprint density at radius 1 is 1.47 bits per heavy atom. The van der Waals surface area contributed by atoms with Crippen LogP contribution in [0.15, 0.2) is 0 Å². The Balaban J connectivity index is 2.29. The first-order chi connectivity index (χ1) is 7.81. The van der Waals surface area contributed by atoms with Crippen LogP contribution in [0.1, 0.15) is 27.2 Å². The van der Waals surface area contributed by atoms with Gasteiger partial charge in [-0.05, 0) is 20.8 Å². The van der Waals surface area contributed by atoms with E-state index in [9.17, 15) is 9.90 Å². The summed E-state index contributed by atoms with van der Waals surface area (Å²) in [6, 6.07) is 0. The van der Waals surface area contributed by atoms with Crippen molar-refractivity contribution in [2.45, 2.75) is 51.3 Å². The van der Waals surface area contributed by atoms with E-state index < -0.39 is 30.3 Å². The maximum absolute atomic E-state index is 11.3. The van der Waals surface area contributed by atoms with Crippen molar-refractivity contribution in [3.63, 3.8) is 0 Å². The molecule has 1 heterocycles. The van der Waals surface area contributed by atoms with Crippen LogP contribution in [-0.4, -0.2) is 49.1 Å². The van der Waals surface area contributed by atoms with Crippen molar-refractivity contribution >= 4 is 6.16 Å². The molecule has 1 aliphatic rings. The van der Waals surface area contributed by atoms with Gasteiger partial charge in [0.15, 0.2) is 6.29 Å². The van der Waals surface area contributed by atoms with E-state index >= 15 is 0 Å². The van der Waals surface area contributed by atoms with E-state index in [1.165, 1.54) is 7.11 Å². The van der Waals surface area contributed by atoms with Crippen LogP contribution < -0.4 is 0 Å². The van der Waals surface area contributed by atoms with Crippen LogP contribution in [0.3, 0.4) is 0 Å². The third-order valence-electron chi connectivity index (χ3n) is 2.21. The number of aliphatic hydroxyl groups excluding tert-OH is 1. The number of carbonyl (C=O) groups excluding carboxylic acids is 1.